The van der Waals surface area contributed by atoms with Crippen LogP contribution in [0.4, 0.5) is 4.79 Å². The van der Waals surface area contributed by atoms with Crippen molar-refractivity contribution >= 4 is 17.7 Å². The van der Waals surface area contributed by atoms with Gasteiger partial charge >= 0.3 is 6.09 Å². The van der Waals surface area contributed by atoms with Gasteiger partial charge in [0, 0.05) is 11.6 Å². The highest BCUT2D eigenvalue weighted by atomic mass is 35.5. The molecule has 2 aromatic carbocycles. The molecule has 0 heterocycles. The van der Waals surface area contributed by atoms with E-state index in [1.165, 1.54) is 4.90 Å². The van der Waals surface area contributed by atoms with Crippen molar-refractivity contribution in [2.24, 2.45) is 0 Å². The van der Waals surface area contributed by atoms with Gasteiger partial charge in [0.2, 0.25) is 0 Å². The number of carbonyl (C=O) groups is 1. The number of benzene rings is 2. The molecule has 0 aliphatic rings. The SMILES string of the molecule is CCN(CCOc1ccc(Oc2cccc(Cl)c2)cc1)C(=O)O. The Labute approximate surface area is 140 Å². The molecule has 1 amide bonds. The Bertz CT molecular complexity index is 645. The zero-order chi connectivity index (χ0) is 16.7. The van der Waals surface area contributed by atoms with Gasteiger partial charge in [0.15, 0.2) is 0 Å². The van der Waals surface area contributed by atoms with Gasteiger partial charge in [0.25, 0.3) is 0 Å². The molecule has 0 saturated carbocycles. The number of amides is 1. The van der Waals surface area contributed by atoms with Crippen molar-refractivity contribution in [1.82, 2.24) is 4.90 Å². The van der Waals surface area contributed by atoms with E-state index < -0.39 is 6.09 Å². The molecule has 0 aromatic heterocycles. The summed E-state index contributed by atoms with van der Waals surface area (Å²) in [5, 5.41) is 9.52. The first-order chi connectivity index (χ1) is 11.1. The Kier molecular flexibility index (Phi) is 6.11. The summed E-state index contributed by atoms with van der Waals surface area (Å²) in [6.07, 6.45) is -0.943. The lowest BCUT2D eigenvalue weighted by molar-refractivity contribution is 0.138. The van der Waals surface area contributed by atoms with E-state index in [0.717, 1.165) is 0 Å². The lowest BCUT2D eigenvalue weighted by atomic mass is 10.3. The molecule has 6 heteroatoms. The van der Waals surface area contributed by atoms with Crippen LogP contribution in [0.1, 0.15) is 6.92 Å². The Morgan fingerprint density at radius 1 is 1.13 bits per heavy atom. The van der Waals surface area contributed by atoms with E-state index in [1.807, 2.05) is 12.1 Å². The monoisotopic (exact) mass is 335 g/mol. The molecule has 0 saturated heterocycles. The summed E-state index contributed by atoms with van der Waals surface area (Å²) in [6.45, 7) is 2.85. The van der Waals surface area contributed by atoms with Gasteiger partial charge in [-0.15, -0.1) is 0 Å². The van der Waals surface area contributed by atoms with Crippen LogP contribution in [0.25, 0.3) is 0 Å². The van der Waals surface area contributed by atoms with Crippen LogP contribution in [-0.4, -0.2) is 35.8 Å². The van der Waals surface area contributed by atoms with E-state index in [-0.39, 0.29) is 0 Å². The quantitative estimate of drug-likeness (QED) is 0.808. The lowest BCUT2D eigenvalue weighted by Crippen LogP contribution is -2.33. The van der Waals surface area contributed by atoms with E-state index in [9.17, 15) is 4.79 Å². The molecular weight excluding hydrogens is 318 g/mol. The molecule has 0 unspecified atom stereocenters. The molecule has 0 radical (unpaired) electrons. The summed E-state index contributed by atoms with van der Waals surface area (Å²) >= 11 is 5.91. The first-order valence-corrected chi connectivity index (χ1v) is 7.60. The Morgan fingerprint density at radius 2 is 1.83 bits per heavy atom. The third-order valence-corrected chi connectivity index (χ3v) is 3.37. The van der Waals surface area contributed by atoms with Crippen LogP contribution in [0, 0.1) is 0 Å². The minimum Gasteiger partial charge on any atom is -0.492 e. The van der Waals surface area contributed by atoms with Gasteiger partial charge in [-0.25, -0.2) is 4.79 Å². The summed E-state index contributed by atoms with van der Waals surface area (Å²) in [4.78, 5) is 12.1. The molecule has 122 valence electrons. The number of hydrogen-bond donors (Lipinski definition) is 1. The van der Waals surface area contributed by atoms with Crippen LogP contribution in [0.2, 0.25) is 5.02 Å². The number of carboxylic acid groups (broad SMARTS) is 1. The van der Waals surface area contributed by atoms with Crippen LogP contribution in [0.3, 0.4) is 0 Å². The number of likely N-dealkylation sites (N-methyl/N-ethyl adjacent to an activating group) is 1. The standard InChI is InChI=1S/C17H18ClNO4/c1-2-19(17(20)21)10-11-22-14-6-8-15(9-7-14)23-16-5-3-4-13(18)12-16/h3-9,12H,2,10-11H2,1H3,(H,20,21). The average Bonchev–Trinajstić information content (AvgIpc) is 2.53. The molecule has 0 spiro atoms. The minimum absolute atomic E-state index is 0.300. The van der Waals surface area contributed by atoms with Gasteiger partial charge in [-0.05, 0) is 49.4 Å². The molecule has 0 bridgehead atoms. The second kappa shape index (κ2) is 8.29. The Morgan fingerprint density at radius 3 is 2.43 bits per heavy atom. The van der Waals surface area contributed by atoms with Gasteiger partial charge in [-0.2, -0.15) is 0 Å². The summed E-state index contributed by atoms with van der Waals surface area (Å²) in [5.74, 6) is 1.98. The average molecular weight is 336 g/mol. The predicted octanol–water partition coefficient (Wildman–Crippen LogP) is 4.51. The normalized spacial score (nSPS) is 10.2. The van der Waals surface area contributed by atoms with Crippen LogP contribution in [0.15, 0.2) is 48.5 Å². The number of ether oxygens (including phenoxy) is 2. The van der Waals surface area contributed by atoms with Gasteiger partial charge in [-0.3, -0.25) is 0 Å². The highest BCUT2D eigenvalue weighted by Crippen LogP contribution is 2.25. The largest absolute Gasteiger partial charge is 0.492 e. The second-order valence-electron chi connectivity index (χ2n) is 4.74. The van der Waals surface area contributed by atoms with Crippen LogP contribution < -0.4 is 9.47 Å². The fourth-order valence-corrected chi connectivity index (χ4v) is 2.11. The first kappa shape index (κ1) is 17.0. The maximum absolute atomic E-state index is 10.9. The molecule has 0 aliphatic carbocycles. The van der Waals surface area contributed by atoms with Gasteiger partial charge < -0.3 is 19.5 Å². The maximum Gasteiger partial charge on any atom is 0.407 e. The van der Waals surface area contributed by atoms with Gasteiger partial charge in [0.05, 0.1) is 6.54 Å². The van der Waals surface area contributed by atoms with E-state index in [4.69, 9.17) is 26.2 Å². The number of rotatable bonds is 7. The van der Waals surface area contributed by atoms with E-state index >= 15 is 0 Å². The second-order valence-corrected chi connectivity index (χ2v) is 5.18. The van der Waals surface area contributed by atoms with Crippen molar-refractivity contribution in [2.45, 2.75) is 6.92 Å². The van der Waals surface area contributed by atoms with Gasteiger partial charge in [-0.1, -0.05) is 17.7 Å². The Balaban J connectivity index is 1.86. The minimum atomic E-state index is -0.943. The zero-order valence-corrected chi connectivity index (χ0v) is 13.5. The number of nitrogens with zero attached hydrogens (tertiary/aromatic N) is 1. The zero-order valence-electron chi connectivity index (χ0n) is 12.7. The summed E-state index contributed by atoms with van der Waals surface area (Å²) in [5.41, 5.74) is 0. The van der Waals surface area contributed by atoms with Crippen molar-refractivity contribution < 1.29 is 19.4 Å². The number of hydrogen-bond acceptors (Lipinski definition) is 3. The summed E-state index contributed by atoms with van der Waals surface area (Å²) in [6, 6.07) is 14.3. The predicted molar refractivity (Wildman–Crippen MR) is 88.7 cm³/mol. The van der Waals surface area contributed by atoms with E-state index in [1.54, 1.807) is 43.3 Å². The smallest absolute Gasteiger partial charge is 0.407 e. The van der Waals surface area contributed by atoms with Crippen molar-refractivity contribution in [3.05, 3.63) is 53.6 Å². The molecule has 2 rings (SSSR count). The molecule has 0 aliphatic heterocycles. The molecule has 0 fully saturated rings. The van der Waals surface area contributed by atoms with Gasteiger partial charge in [0.1, 0.15) is 23.9 Å². The molecular formula is C17H18ClNO4. The van der Waals surface area contributed by atoms with Crippen molar-refractivity contribution in [1.29, 1.82) is 0 Å². The third kappa shape index (κ3) is 5.38. The molecule has 5 nitrogen and oxygen atoms in total. The summed E-state index contributed by atoms with van der Waals surface area (Å²) < 4.78 is 11.2. The lowest BCUT2D eigenvalue weighted by Gasteiger charge is -2.17. The summed E-state index contributed by atoms with van der Waals surface area (Å²) in [7, 11) is 0. The van der Waals surface area contributed by atoms with Crippen molar-refractivity contribution in [2.75, 3.05) is 19.7 Å². The molecule has 2 aromatic rings. The van der Waals surface area contributed by atoms with E-state index in [0.29, 0.717) is 42.0 Å². The molecule has 1 N–H and O–H groups in total. The maximum atomic E-state index is 10.9. The third-order valence-electron chi connectivity index (χ3n) is 3.14. The topological polar surface area (TPSA) is 59.0 Å². The fourth-order valence-electron chi connectivity index (χ4n) is 1.93. The fraction of sp³-hybridized carbons (Fsp3) is 0.235. The molecule has 0 atom stereocenters. The van der Waals surface area contributed by atoms with Crippen molar-refractivity contribution in [3.63, 3.8) is 0 Å². The number of halogens is 1. The van der Waals surface area contributed by atoms with Crippen LogP contribution >= 0.6 is 11.6 Å². The Hall–Kier alpha value is -2.40. The highest BCUT2D eigenvalue weighted by molar-refractivity contribution is 6.30. The molecule has 23 heavy (non-hydrogen) atoms. The highest BCUT2D eigenvalue weighted by Gasteiger charge is 2.08. The van der Waals surface area contributed by atoms with Crippen LogP contribution in [0.5, 0.6) is 17.2 Å². The van der Waals surface area contributed by atoms with Crippen molar-refractivity contribution in [3.8, 4) is 17.2 Å². The van der Waals surface area contributed by atoms with Crippen LogP contribution in [-0.2, 0) is 0 Å². The van der Waals surface area contributed by atoms with E-state index in [2.05, 4.69) is 0 Å². The first-order valence-electron chi connectivity index (χ1n) is 7.22.